The molecule has 4 amide bonds. The molecule has 2 heterocycles. The zero-order valence-electron chi connectivity index (χ0n) is 17.4. The van der Waals surface area contributed by atoms with E-state index in [-0.39, 0.29) is 29.7 Å². The third-order valence-electron chi connectivity index (χ3n) is 9.38. The Balaban J connectivity index is 1.18. The fourth-order valence-electron chi connectivity index (χ4n) is 8.39. The lowest BCUT2D eigenvalue weighted by Crippen LogP contribution is -2.43. The fraction of sp³-hybridized carbons (Fsp3) is 0.600. The number of benzene rings is 1. The molecule has 1 aromatic carbocycles. The van der Waals surface area contributed by atoms with Gasteiger partial charge in [-0.25, -0.2) is 0 Å². The van der Waals surface area contributed by atoms with E-state index < -0.39 is 11.8 Å². The molecule has 5 saturated carbocycles. The van der Waals surface area contributed by atoms with Crippen LogP contribution in [0.4, 0.5) is 0 Å². The predicted molar refractivity (Wildman–Crippen MR) is 110 cm³/mol. The number of fused-ring (bicyclic) bond motifs is 2. The van der Waals surface area contributed by atoms with Gasteiger partial charge in [-0.1, -0.05) is 6.07 Å². The van der Waals surface area contributed by atoms with Crippen LogP contribution in [0.5, 0.6) is 0 Å². The molecule has 2 atom stereocenters. The van der Waals surface area contributed by atoms with Gasteiger partial charge in [-0.15, -0.1) is 0 Å². The van der Waals surface area contributed by atoms with Crippen molar-refractivity contribution in [2.45, 2.75) is 56.9 Å². The van der Waals surface area contributed by atoms with Crippen LogP contribution in [0.15, 0.2) is 18.2 Å². The van der Waals surface area contributed by atoms with Crippen molar-refractivity contribution in [3.63, 3.8) is 0 Å². The van der Waals surface area contributed by atoms with E-state index in [4.69, 9.17) is 0 Å². The number of rotatable bonds is 2. The van der Waals surface area contributed by atoms with E-state index in [9.17, 15) is 19.2 Å². The number of hydrogen-bond acceptors (Lipinski definition) is 4. The Labute approximate surface area is 180 Å². The summed E-state index contributed by atoms with van der Waals surface area (Å²) >= 11 is 0. The van der Waals surface area contributed by atoms with Crippen LogP contribution in [-0.4, -0.2) is 34.6 Å². The van der Waals surface area contributed by atoms with Crippen LogP contribution >= 0.6 is 0 Å². The van der Waals surface area contributed by atoms with Gasteiger partial charge in [0.25, 0.3) is 11.8 Å². The first kappa shape index (κ1) is 18.1. The summed E-state index contributed by atoms with van der Waals surface area (Å²) in [5.41, 5.74) is 2.22. The average Bonchev–Trinajstić information content (AvgIpc) is 3.35. The lowest BCUT2D eigenvalue weighted by atomic mass is 9.50. The van der Waals surface area contributed by atoms with Gasteiger partial charge in [0, 0.05) is 6.04 Å². The summed E-state index contributed by atoms with van der Waals surface area (Å²) in [6.07, 6.45) is 7.44. The van der Waals surface area contributed by atoms with E-state index in [1.54, 1.807) is 0 Å². The molecule has 31 heavy (non-hydrogen) atoms. The predicted octanol–water partition coefficient (Wildman–Crippen LogP) is 2.87. The second-order valence-electron chi connectivity index (χ2n) is 10.9. The average molecular weight is 418 g/mol. The Kier molecular flexibility index (Phi) is 3.53. The minimum atomic E-state index is -0.412. The standard InChI is InChI=1S/C25H26N2O4/c28-22-18-9-16(10-19(18)23(29)26-22)27-24(30)17-2-1-13(8-20(17)25(27)31)21-14-4-11-3-12(6-14)7-15(21)5-11/h1-2,8,11-12,14-16,18-19,21H,3-7,9-10H2,(H,26,28,29). The van der Waals surface area contributed by atoms with Crippen molar-refractivity contribution in [1.29, 1.82) is 0 Å². The first-order valence-electron chi connectivity index (χ1n) is 11.8. The summed E-state index contributed by atoms with van der Waals surface area (Å²) in [6, 6.07) is 5.56. The summed E-state index contributed by atoms with van der Waals surface area (Å²) in [5, 5.41) is 2.37. The smallest absolute Gasteiger partial charge is 0.261 e. The van der Waals surface area contributed by atoms with Gasteiger partial charge in [-0.2, -0.15) is 0 Å². The van der Waals surface area contributed by atoms with Crippen LogP contribution in [0.3, 0.4) is 0 Å². The lowest BCUT2D eigenvalue weighted by molar-refractivity contribution is -0.126. The molecule has 0 spiro atoms. The molecule has 2 aliphatic heterocycles. The van der Waals surface area contributed by atoms with E-state index in [1.165, 1.54) is 42.6 Å². The van der Waals surface area contributed by atoms with Crippen molar-refractivity contribution in [2.75, 3.05) is 0 Å². The molecule has 7 aliphatic rings. The highest BCUT2D eigenvalue weighted by atomic mass is 16.2. The summed E-state index contributed by atoms with van der Waals surface area (Å²) in [6.45, 7) is 0. The Morgan fingerprint density at radius 1 is 0.710 bits per heavy atom. The quantitative estimate of drug-likeness (QED) is 0.749. The number of nitrogens with one attached hydrogen (secondary N) is 1. The molecular weight excluding hydrogens is 392 g/mol. The van der Waals surface area contributed by atoms with Gasteiger partial charge in [0.15, 0.2) is 0 Å². The van der Waals surface area contributed by atoms with Gasteiger partial charge in [0.2, 0.25) is 11.8 Å². The molecule has 5 aliphatic carbocycles. The zero-order valence-corrected chi connectivity index (χ0v) is 17.4. The van der Waals surface area contributed by atoms with Gasteiger partial charge in [0.1, 0.15) is 0 Å². The maximum atomic E-state index is 13.3. The Hall–Kier alpha value is -2.50. The van der Waals surface area contributed by atoms with Crippen LogP contribution in [0.1, 0.15) is 77.1 Å². The van der Waals surface area contributed by atoms with Gasteiger partial charge >= 0.3 is 0 Å². The number of amides is 4. The molecule has 1 aromatic rings. The molecule has 0 aromatic heterocycles. The third-order valence-corrected chi connectivity index (χ3v) is 9.38. The third kappa shape index (κ3) is 2.39. The normalized spacial score (nSPS) is 42.4. The topological polar surface area (TPSA) is 83.6 Å². The largest absolute Gasteiger partial charge is 0.296 e. The zero-order chi connectivity index (χ0) is 21.0. The first-order chi connectivity index (χ1) is 15.0. The lowest BCUT2D eigenvalue weighted by Gasteiger charge is -2.54. The van der Waals surface area contributed by atoms with Crippen LogP contribution in [0.2, 0.25) is 0 Å². The van der Waals surface area contributed by atoms with E-state index in [0.717, 1.165) is 23.7 Å². The van der Waals surface area contributed by atoms with Crippen LogP contribution < -0.4 is 5.32 Å². The molecular formula is C25H26N2O4. The van der Waals surface area contributed by atoms with Crippen LogP contribution in [0, 0.1) is 35.5 Å². The van der Waals surface area contributed by atoms with Crippen molar-refractivity contribution in [1.82, 2.24) is 10.2 Å². The molecule has 2 unspecified atom stereocenters. The molecule has 8 rings (SSSR count). The molecule has 6 nitrogen and oxygen atoms in total. The highest BCUT2D eigenvalue weighted by Crippen LogP contribution is 2.60. The maximum absolute atomic E-state index is 13.3. The minimum absolute atomic E-state index is 0.247. The van der Waals surface area contributed by atoms with Gasteiger partial charge in [-0.3, -0.25) is 29.4 Å². The van der Waals surface area contributed by atoms with Gasteiger partial charge < -0.3 is 0 Å². The Morgan fingerprint density at radius 3 is 1.90 bits per heavy atom. The number of carbonyl (C=O) groups excluding carboxylic acids is 4. The number of imide groups is 2. The molecule has 160 valence electrons. The SMILES string of the molecule is O=C1NC(=O)C2CC(N3C(=O)c4ccc(C5C6CC7CC(C6)CC5C7)cc4C3=O)CC12. The second kappa shape index (κ2) is 6.05. The van der Waals surface area contributed by atoms with Crippen molar-refractivity contribution in [3.8, 4) is 0 Å². The van der Waals surface area contributed by atoms with E-state index in [2.05, 4.69) is 11.4 Å². The Bertz CT molecular complexity index is 1010. The van der Waals surface area contributed by atoms with E-state index in [1.807, 2.05) is 12.1 Å². The van der Waals surface area contributed by atoms with Crippen molar-refractivity contribution < 1.29 is 19.2 Å². The maximum Gasteiger partial charge on any atom is 0.261 e. The minimum Gasteiger partial charge on any atom is -0.296 e. The summed E-state index contributed by atoms with van der Waals surface area (Å²) in [7, 11) is 0. The second-order valence-corrected chi connectivity index (χ2v) is 10.9. The monoisotopic (exact) mass is 418 g/mol. The molecule has 6 heteroatoms. The van der Waals surface area contributed by atoms with Crippen LogP contribution in [0.25, 0.3) is 0 Å². The van der Waals surface area contributed by atoms with Crippen molar-refractivity contribution in [3.05, 3.63) is 34.9 Å². The number of nitrogens with zero attached hydrogens (tertiary/aromatic N) is 1. The van der Waals surface area contributed by atoms with E-state index in [0.29, 0.717) is 29.9 Å². The number of carbonyl (C=O) groups is 4. The summed E-state index contributed by atoms with van der Waals surface area (Å²) in [5.74, 6) is 1.88. The summed E-state index contributed by atoms with van der Waals surface area (Å²) < 4.78 is 0. The molecule has 1 N–H and O–H groups in total. The first-order valence-corrected chi connectivity index (χ1v) is 11.8. The van der Waals surface area contributed by atoms with Gasteiger partial charge in [0.05, 0.1) is 23.0 Å². The number of hydrogen-bond donors (Lipinski definition) is 1. The molecule has 0 radical (unpaired) electrons. The molecule has 4 bridgehead atoms. The van der Waals surface area contributed by atoms with Gasteiger partial charge in [-0.05, 0) is 92.2 Å². The van der Waals surface area contributed by atoms with E-state index >= 15 is 0 Å². The summed E-state index contributed by atoms with van der Waals surface area (Å²) in [4.78, 5) is 51.9. The Morgan fingerprint density at radius 2 is 1.29 bits per heavy atom. The molecule has 6 fully saturated rings. The molecule has 1 saturated heterocycles. The van der Waals surface area contributed by atoms with Crippen LogP contribution in [-0.2, 0) is 9.59 Å². The van der Waals surface area contributed by atoms with Crippen molar-refractivity contribution >= 4 is 23.6 Å². The highest BCUT2D eigenvalue weighted by molar-refractivity contribution is 6.21. The highest BCUT2D eigenvalue weighted by Gasteiger charge is 2.53. The van der Waals surface area contributed by atoms with Crippen molar-refractivity contribution in [2.24, 2.45) is 35.5 Å². The fourth-order valence-corrected chi connectivity index (χ4v) is 8.39.